The zero-order valence-electron chi connectivity index (χ0n) is 10.5. The molecule has 0 saturated carbocycles. The average molecular weight is 274 g/mol. The number of nitrogens with zero attached hydrogens (tertiary/aromatic N) is 1. The molecule has 0 aliphatic carbocycles. The van der Waals surface area contributed by atoms with E-state index >= 15 is 0 Å². The molecular formula is C13H17F3N2O. The van der Waals surface area contributed by atoms with Gasteiger partial charge >= 0.3 is 6.18 Å². The third-order valence-electron chi connectivity index (χ3n) is 3.10. The van der Waals surface area contributed by atoms with Crippen LogP contribution in [-0.4, -0.2) is 32.5 Å². The maximum Gasteiger partial charge on any atom is 0.411 e. The van der Waals surface area contributed by atoms with E-state index in [-0.39, 0.29) is 6.61 Å². The maximum absolute atomic E-state index is 12.0. The van der Waals surface area contributed by atoms with Crippen molar-refractivity contribution in [2.24, 2.45) is 0 Å². The van der Waals surface area contributed by atoms with Crippen molar-refractivity contribution >= 4 is 11.4 Å². The van der Waals surface area contributed by atoms with Gasteiger partial charge in [-0.05, 0) is 30.5 Å². The van der Waals surface area contributed by atoms with Crippen LogP contribution in [0.25, 0.3) is 0 Å². The molecule has 2 N–H and O–H groups in total. The van der Waals surface area contributed by atoms with Gasteiger partial charge < -0.3 is 15.4 Å². The molecule has 1 heterocycles. The number of fused-ring (bicyclic) bond motifs is 1. The summed E-state index contributed by atoms with van der Waals surface area (Å²) in [6, 6.07) is 5.70. The summed E-state index contributed by atoms with van der Waals surface area (Å²) < 4.78 is 40.5. The predicted octanol–water partition coefficient (Wildman–Crippen LogP) is 2.60. The van der Waals surface area contributed by atoms with Crippen molar-refractivity contribution in [2.75, 3.05) is 36.9 Å². The minimum Gasteiger partial charge on any atom is -0.399 e. The van der Waals surface area contributed by atoms with Crippen LogP contribution in [0.1, 0.15) is 12.0 Å². The van der Waals surface area contributed by atoms with Crippen molar-refractivity contribution in [3.63, 3.8) is 0 Å². The smallest absolute Gasteiger partial charge is 0.399 e. The number of rotatable bonds is 4. The van der Waals surface area contributed by atoms with E-state index < -0.39 is 12.8 Å². The zero-order valence-corrected chi connectivity index (χ0v) is 10.5. The van der Waals surface area contributed by atoms with Gasteiger partial charge in [-0.3, -0.25) is 0 Å². The normalized spacial score (nSPS) is 15.4. The van der Waals surface area contributed by atoms with Crippen molar-refractivity contribution < 1.29 is 17.9 Å². The highest BCUT2D eigenvalue weighted by Gasteiger charge is 2.27. The summed E-state index contributed by atoms with van der Waals surface area (Å²) in [7, 11) is 0. The van der Waals surface area contributed by atoms with Crippen LogP contribution < -0.4 is 10.6 Å². The Kier molecular flexibility index (Phi) is 4.19. The number of benzene rings is 1. The zero-order chi connectivity index (χ0) is 13.9. The Hall–Kier alpha value is -1.43. The Balaban J connectivity index is 1.91. The summed E-state index contributed by atoms with van der Waals surface area (Å²) in [4.78, 5) is 2.03. The van der Waals surface area contributed by atoms with E-state index in [1.807, 2.05) is 23.1 Å². The van der Waals surface area contributed by atoms with E-state index in [0.717, 1.165) is 25.1 Å². The van der Waals surface area contributed by atoms with E-state index in [0.29, 0.717) is 12.2 Å². The fourth-order valence-electron chi connectivity index (χ4n) is 2.26. The van der Waals surface area contributed by atoms with E-state index in [4.69, 9.17) is 5.73 Å². The number of ether oxygens (including phenoxy) is 1. The van der Waals surface area contributed by atoms with Gasteiger partial charge in [0.1, 0.15) is 6.61 Å². The number of anilines is 2. The Morgan fingerprint density at radius 2 is 2.11 bits per heavy atom. The summed E-state index contributed by atoms with van der Waals surface area (Å²) >= 11 is 0. The number of hydrogen-bond donors (Lipinski definition) is 1. The second-order valence-corrected chi connectivity index (χ2v) is 4.65. The summed E-state index contributed by atoms with van der Waals surface area (Å²) in [6.07, 6.45) is -2.28. The quantitative estimate of drug-likeness (QED) is 0.677. The van der Waals surface area contributed by atoms with Crippen molar-refractivity contribution in [1.29, 1.82) is 0 Å². The van der Waals surface area contributed by atoms with Gasteiger partial charge in [-0.2, -0.15) is 13.2 Å². The van der Waals surface area contributed by atoms with Crippen LogP contribution in [0.5, 0.6) is 0 Å². The van der Waals surface area contributed by atoms with Crippen molar-refractivity contribution in [1.82, 2.24) is 0 Å². The first kappa shape index (κ1) is 14.0. The molecule has 0 atom stereocenters. The molecule has 0 spiro atoms. The third-order valence-corrected chi connectivity index (χ3v) is 3.10. The molecule has 0 amide bonds. The number of alkyl halides is 3. The van der Waals surface area contributed by atoms with Crippen LogP contribution in [0.3, 0.4) is 0 Å². The topological polar surface area (TPSA) is 38.5 Å². The highest BCUT2D eigenvalue weighted by atomic mass is 19.4. The molecule has 6 heteroatoms. The summed E-state index contributed by atoms with van der Waals surface area (Å²) in [6.45, 7) is 0.150. The number of aryl methyl sites for hydroxylation is 1. The molecule has 1 aliphatic rings. The largest absolute Gasteiger partial charge is 0.411 e. The molecule has 0 bridgehead atoms. The number of hydrogen-bond acceptors (Lipinski definition) is 3. The maximum atomic E-state index is 12.0. The first-order valence-corrected chi connectivity index (χ1v) is 6.23. The lowest BCUT2D eigenvalue weighted by atomic mass is 10.0. The van der Waals surface area contributed by atoms with Crippen molar-refractivity contribution in [2.45, 2.75) is 19.0 Å². The molecule has 3 nitrogen and oxygen atoms in total. The number of nitrogens with two attached hydrogens (primary N) is 1. The Labute approximate surface area is 110 Å². The number of halogens is 3. The van der Waals surface area contributed by atoms with Crippen LogP contribution in [0.2, 0.25) is 0 Å². The van der Waals surface area contributed by atoms with E-state index in [2.05, 4.69) is 4.74 Å². The fraction of sp³-hybridized carbons (Fsp3) is 0.538. The van der Waals surface area contributed by atoms with Crippen LogP contribution in [0.15, 0.2) is 18.2 Å². The summed E-state index contributed by atoms with van der Waals surface area (Å²) in [5.74, 6) is 0. The molecule has 0 fully saturated rings. The second kappa shape index (κ2) is 5.69. The standard InChI is InChI=1S/C13H17F3N2O/c14-13(15,16)9-19-7-6-18-5-1-2-10-3-4-11(17)8-12(10)18/h3-4,8H,1-2,5-7,9,17H2. The Morgan fingerprint density at radius 3 is 2.84 bits per heavy atom. The van der Waals surface area contributed by atoms with Crippen LogP contribution in [0, 0.1) is 0 Å². The van der Waals surface area contributed by atoms with E-state index in [9.17, 15) is 13.2 Å². The molecule has 2 rings (SSSR count). The van der Waals surface area contributed by atoms with E-state index in [1.54, 1.807) is 0 Å². The Bertz CT molecular complexity index is 434. The van der Waals surface area contributed by atoms with Gasteiger partial charge in [-0.15, -0.1) is 0 Å². The van der Waals surface area contributed by atoms with Gasteiger partial charge in [0.05, 0.1) is 6.61 Å². The van der Waals surface area contributed by atoms with Gasteiger partial charge in [-0.25, -0.2) is 0 Å². The van der Waals surface area contributed by atoms with Gasteiger partial charge in [-0.1, -0.05) is 6.07 Å². The summed E-state index contributed by atoms with van der Waals surface area (Å²) in [5.41, 5.74) is 8.62. The van der Waals surface area contributed by atoms with Crippen molar-refractivity contribution in [3.8, 4) is 0 Å². The SMILES string of the molecule is Nc1ccc2c(c1)N(CCOCC(F)(F)F)CCC2. The molecule has 1 aromatic rings. The van der Waals surface area contributed by atoms with Gasteiger partial charge in [0, 0.05) is 24.5 Å². The highest BCUT2D eigenvalue weighted by molar-refractivity contribution is 5.62. The molecule has 1 aromatic carbocycles. The predicted molar refractivity (Wildman–Crippen MR) is 68.3 cm³/mol. The summed E-state index contributed by atoms with van der Waals surface area (Å²) in [5, 5.41) is 0. The fourth-order valence-corrected chi connectivity index (χ4v) is 2.26. The minimum atomic E-state index is -4.26. The second-order valence-electron chi connectivity index (χ2n) is 4.65. The molecule has 1 aliphatic heterocycles. The molecule has 0 unspecified atom stereocenters. The van der Waals surface area contributed by atoms with Crippen molar-refractivity contribution in [3.05, 3.63) is 23.8 Å². The lowest BCUT2D eigenvalue weighted by Crippen LogP contribution is -2.33. The monoisotopic (exact) mass is 274 g/mol. The lowest BCUT2D eigenvalue weighted by Gasteiger charge is -2.31. The van der Waals surface area contributed by atoms with Gasteiger partial charge in [0.2, 0.25) is 0 Å². The van der Waals surface area contributed by atoms with Gasteiger partial charge in [0.15, 0.2) is 0 Å². The van der Waals surface area contributed by atoms with E-state index in [1.165, 1.54) is 5.56 Å². The highest BCUT2D eigenvalue weighted by Crippen LogP contribution is 2.28. The molecule has 0 saturated heterocycles. The van der Waals surface area contributed by atoms with Gasteiger partial charge in [0.25, 0.3) is 0 Å². The van der Waals surface area contributed by atoms with Crippen LogP contribution in [0.4, 0.5) is 24.5 Å². The molecule has 19 heavy (non-hydrogen) atoms. The van der Waals surface area contributed by atoms with Crippen LogP contribution >= 0.6 is 0 Å². The molecule has 0 aromatic heterocycles. The number of nitrogen functional groups attached to an aromatic ring is 1. The van der Waals surface area contributed by atoms with Crippen LogP contribution in [-0.2, 0) is 11.2 Å². The Morgan fingerprint density at radius 1 is 1.32 bits per heavy atom. The first-order chi connectivity index (χ1) is 8.96. The minimum absolute atomic E-state index is 0.0632. The molecule has 0 radical (unpaired) electrons. The average Bonchev–Trinajstić information content (AvgIpc) is 2.33. The third kappa shape index (κ3) is 4.02. The molecule has 106 valence electrons. The first-order valence-electron chi connectivity index (χ1n) is 6.23. The molecular weight excluding hydrogens is 257 g/mol. The lowest BCUT2D eigenvalue weighted by molar-refractivity contribution is -0.173.